The van der Waals surface area contributed by atoms with Crippen LogP contribution in [0.25, 0.3) is 11.1 Å². The largest absolute Gasteiger partial charge is 0.425 e. The Morgan fingerprint density at radius 2 is 1.63 bits per heavy atom. The van der Waals surface area contributed by atoms with Crippen LogP contribution in [0.2, 0.25) is 0 Å². The maximum atomic E-state index is 12.2. The molecule has 0 radical (unpaired) electrons. The van der Waals surface area contributed by atoms with E-state index >= 15 is 0 Å². The van der Waals surface area contributed by atoms with Gasteiger partial charge in [0.15, 0.2) is 0 Å². The molecule has 0 aliphatic rings. The van der Waals surface area contributed by atoms with Crippen LogP contribution in [0.1, 0.15) is 37.3 Å². The average Bonchev–Trinajstić information content (AvgIpc) is 2.69. The van der Waals surface area contributed by atoms with Crippen LogP contribution in [0.3, 0.4) is 0 Å². The monoisotopic (exact) mass is 422 g/mol. The van der Waals surface area contributed by atoms with Gasteiger partial charge in [0.2, 0.25) is 0 Å². The number of aryl methyl sites for hydroxylation is 1. The lowest BCUT2D eigenvalue weighted by molar-refractivity contribution is -0.134. The third-order valence-corrected chi connectivity index (χ3v) is 5.15. The Morgan fingerprint density at radius 1 is 0.926 bits per heavy atom. The molecule has 3 rings (SSSR count). The summed E-state index contributed by atoms with van der Waals surface area (Å²) in [6.45, 7) is 4.35. The van der Waals surface area contributed by atoms with E-state index < -0.39 is 0 Å². The summed E-state index contributed by atoms with van der Waals surface area (Å²) in [5.74, 6) is 0.839. The average molecular weight is 423 g/mol. The van der Waals surface area contributed by atoms with Crippen molar-refractivity contribution < 1.29 is 9.53 Å². The third kappa shape index (κ3) is 5.30. The quantitative estimate of drug-likeness (QED) is 0.323. The van der Waals surface area contributed by atoms with Gasteiger partial charge in [0, 0.05) is 6.42 Å². The molecule has 0 heterocycles. The number of rotatable bonds is 6. The molecular weight excluding hydrogens is 400 g/mol. The van der Waals surface area contributed by atoms with Crippen molar-refractivity contribution in [3.8, 4) is 16.9 Å². The van der Waals surface area contributed by atoms with Gasteiger partial charge in [0.05, 0.1) is 4.47 Å². The molecule has 2 nitrogen and oxygen atoms in total. The second-order valence-electron chi connectivity index (χ2n) is 6.88. The second-order valence-corrected chi connectivity index (χ2v) is 7.74. The Labute approximate surface area is 169 Å². The molecule has 3 aromatic carbocycles. The van der Waals surface area contributed by atoms with Gasteiger partial charge in [-0.1, -0.05) is 74.5 Å². The SMILES string of the molecule is CC(C)c1ccc(CCC(=O)Oc2ccc(-c3ccccc3)cc2Br)cc1. The van der Waals surface area contributed by atoms with Crippen molar-refractivity contribution in [2.24, 2.45) is 0 Å². The summed E-state index contributed by atoms with van der Waals surface area (Å²) >= 11 is 3.51. The molecule has 138 valence electrons. The van der Waals surface area contributed by atoms with Gasteiger partial charge in [0.25, 0.3) is 0 Å². The number of benzene rings is 3. The van der Waals surface area contributed by atoms with E-state index in [9.17, 15) is 4.79 Å². The van der Waals surface area contributed by atoms with Crippen molar-refractivity contribution in [1.29, 1.82) is 0 Å². The van der Waals surface area contributed by atoms with Gasteiger partial charge in [-0.2, -0.15) is 0 Å². The zero-order valence-corrected chi connectivity index (χ0v) is 17.2. The smallest absolute Gasteiger partial charge is 0.311 e. The second kappa shape index (κ2) is 9.01. The van der Waals surface area contributed by atoms with Gasteiger partial charge in [-0.3, -0.25) is 4.79 Å². The van der Waals surface area contributed by atoms with Crippen molar-refractivity contribution in [3.63, 3.8) is 0 Å². The summed E-state index contributed by atoms with van der Waals surface area (Å²) in [5.41, 5.74) is 4.66. The highest BCUT2D eigenvalue weighted by Gasteiger charge is 2.10. The zero-order chi connectivity index (χ0) is 19.2. The summed E-state index contributed by atoms with van der Waals surface area (Å²) in [6.07, 6.45) is 1.03. The molecule has 0 aromatic heterocycles. The summed E-state index contributed by atoms with van der Waals surface area (Å²) in [6, 6.07) is 24.3. The molecule has 3 heteroatoms. The van der Waals surface area contributed by atoms with E-state index in [4.69, 9.17) is 4.74 Å². The van der Waals surface area contributed by atoms with Gasteiger partial charge < -0.3 is 4.74 Å². The number of ether oxygens (including phenoxy) is 1. The minimum Gasteiger partial charge on any atom is -0.425 e. The van der Waals surface area contributed by atoms with E-state index in [2.05, 4.69) is 66.2 Å². The van der Waals surface area contributed by atoms with Crippen molar-refractivity contribution >= 4 is 21.9 Å². The fraction of sp³-hybridized carbons (Fsp3) is 0.208. The lowest BCUT2D eigenvalue weighted by atomic mass is 10.0. The first-order valence-corrected chi connectivity index (χ1v) is 9.96. The summed E-state index contributed by atoms with van der Waals surface area (Å²) in [5, 5.41) is 0. The number of halogens is 1. The van der Waals surface area contributed by atoms with Crippen LogP contribution in [0.4, 0.5) is 0 Å². The number of esters is 1. The molecule has 0 aliphatic heterocycles. The van der Waals surface area contributed by atoms with Crippen LogP contribution in [0.15, 0.2) is 77.3 Å². The van der Waals surface area contributed by atoms with Crippen LogP contribution < -0.4 is 4.74 Å². The molecule has 0 N–H and O–H groups in total. The minimum atomic E-state index is -0.226. The summed E-state index contributed by atoms with van der Waals surface area (Å²) < 4.78 is 6.31. The fourth-order valence-electron chi connectivity index (χ4n) is 2.88. The van der Waals surface area contributed by atoms with E-state index in [1.807, 2.05) is 36.4 Å². The maximum Gasteiger partial charge on any atom is 0.311 e. The first kappa shape index (κ1) is 19.4. The fourth-order valence-corrected chi connectivity index (χ4v) is 3.34. The van der Waals surface area contributed by atoms with Crippen molar-refractivity contribution in [1.82, 2.24) is 0 Å². The van der Waals surface area contributed by atoms with Crippen LogP contribution in [0.5, 0.6) is 5.75 Å². The number of carbonyl (C=O) groups excluding carboxylic acids is 1. The molecular formula is C24H23BrO2. The minimum absolute atomic E-state index is 0.226. The van der Waals surface area contributed by atoms with E-state index in [0.717, 1.165) is 21.2 Å². The Hall–Kier alpha value is -2.39. The zero-order valence-electron chi connectivity index (χ0n) is 15.6. The van der Waals surface area contributed by atoms with E-state index in [-0.39, 0.29) is 5.97 Å². The molecule has 0 aliphatic carbocycles. The standard InChI is InChI=1S/C24H23BrO2/c1-17(2)19-11-8-18(9-12-19)10-15-24(26)27-23-14-13-21(16-22(23)25)20-6-4-3-5-7-20/h3-9,11-14,16-17H,10,15H2,1-2H3. The lowest BCUT2D eigenvalue weighted by Crippen LogP contribution is -2.09. The van der Waals surface area contributed by atoms with Gasteiger partial charge in [-0.15, -0.1) is 0 Å². The Kier molecular flexibility index (Phi) is 6.46. The van der Waals surface area contributed by atoms with Gasteiger partial charge in [-0.05, 0) is 62.7 Å². The molecule has 0 fully saturated rings. The third-order valence-electron chi connectivity index (χ3n) is 4.53. The summed E-state index contributed by atoms with van der Waals surface area (Å²) in [4.78, 5) is 12.2. The first-order chi connectivity index (χ1) is 13.0. The Morgan fingerprint density at radius 3 is 2.26 bits per heavy atom. The van der Waals surface area contributed by atoms with Gasteiger partial charge in [0.1, 0.15) is 5.75 Å². The molecule has 0 saturated carbocycles. The molecule has 0 atom stereocenters. The summed E-state index contributed by atoms with van der Waals surface area (Å²) in [7, 11) is 0. The molecule has 3 aromatic rings. The number of carbonyl (C=O) groups is 1. The van der Waals surface area contributed by atoms with Crippen molar-refractivity contribution in [2.75, 3.05) is 0 Å². The Balaban J connectivity index is 1.59. The molecule has 0 spiro atoms. The molecule has 0 amide bonds. The van der Waals surface area contributed by atoms with E-state index in [1.165, 1.54) is 5.56 Å². The topological polar surface area (TPSA) is 26.3 Å². The van der Waals surface area contributed by atoms with E-state index in [1.54, 1.807) is 0 Å². The van der Waals surface area contributed by atoms with Crippen molar-refractivity contribution in [3.05, 3.63) is 88.4 Å². The Bertz CT molecular complexity index is 899. The predicted octanol–water partition coefficient (Wildman–Crippen LogP) is 6.78. The van der Waals surface area contributed by atoms with E-state index in [0.29, 0.717) is 24.5 Å². The highest BCUT2D eigenvalue weighted by Crippen LogP contribution is 2.31. The maximum absolute atomic E-state index is 12.2. The van der Waals surface area contributed by atoms with Gasteiger partial charge in [-0.25, -0.2) is 0 Å². The van der Waals surface area contributed by atoms with Crippen molar-refractivity contribution in [2.45, 2.75) is 32.6 Å². The predicted molar refractivity (Wildman–Crippen MR) is 114 cm³/mol. The molecule has 0 saturated heterocycles. The first-order valence-electron chi connectivity index (χ1n) is 9.17. The van der Waals surface area contributed by atoms with Crippen LogP contribution >= 0.6 is 15.9 Å². The van der Waals surface area contributed by atoms with Crippen LogP contribution in [-0.2, 0) is 11.2 Å². The normalized spacial score (nSPS) is 10.8. The number of hydrogen-bond donors (Lipinski definition) is 0. The van der Waals surface area contributed by atoms with Gasteiger partial charge >= 0.3 is 5.97 Å². The molecule has 0 unspecified atom stereocenters. The molecule has 0 bridgehead atoms. The highest BCUT2D eigenvalue weighted by atomic mass is 79.9. The lowest BCUT2D eigenvalue weighted by Gasteiger charge is -2.09. The molecule has 27 heavy (non-hydrogen) atoms. The van der Waals surface area contributed by atoms with Crippen LogP contribution in [-0.4, -0.2) is 5.97 Å². The van der Waals surface area contributed by atoms with Crippen LogP contribution in [0, 0.1) is 0 Å². The number of hydrogen-bond acceptors (Lipinski definition) is 2. The highest BCUT2D eigenvalue weighted by molar-refractivity contribution is 9.10.